The molecule has 12 heavy (non-hydrogen) atoms. The lowest BCUT2D eigenvalue weighted by molar-refractivity contribution is -0.133. The number of nitrogens with zero attached hydrogens (tertiary/aromatic N) is 1. The normalized spacial score (nSPS) is 10.3. The molecule has 0 aliphatic carbocycles. The Morgan fingerprint density at radius 1 is 1.67 bits per heavy atom. The standard InChI is InChI=1S/C5H8BNO3S2/c6-10-4-7-1-2-11-12-3-5(8)9/h4H,1-3H2,(H,8,9). The molecule has 0 aliphatic heterocycles. The fourth-order valence-corrected chi connectivity index (χ4v) is 1.95. The molecular formula is C5H8BNO3S2. The molecule has 4 nitrogen and oxygen atoms in total. The van der Waals surface area contributed by atoms with Crippen LogP contribution >= 0.6 is 21.6 Å². The summed E-state index contributed by atoms with van der Waals surface area (Å²) in [6.45, 7) is 0.578. The molecule has 0 rings (SSSR count). The molecule has 66 valence electrons. The quantitative estimate of drug-likeness (QED) is 0.216. The van der Waals surface area contributed by atoms with E-state index in [2.05, 4.69) is 17.7 Å². The first-order valence-electron chi connectivity index (χ1n) is 3.07. The van der Waals surface area contributed by atoms with Crippen molar-refractivity contribution in [3.05, 3.63) is 0 Å². The van der Waals surface area contributed by atoms with Gasteiger partial charge in [0.1, 0.15) is 12.2 Å². The Balaban J connectivity index is 3.00. The van der Waals surface area contributed by atoms with Gasteiger partial charge in [-0.15, -0.1) is 0 Å². The van der Waals surface area contributed by atoms with E-state index < -0.39 is 5.97 Å². The lowest BCUT2D eigenvalue weighted by atomic mass is 10.6. The summed E-state index contributed by atoms with van der Waals surface area (Å²) in [5.41, 5.74) is 0. The molecule has 0 aromatic carbocycles. The number of hydrogen-bond acceptors (Lipinski definition) is 5. The van der Waals surface area contributed by atoms with Gasteiger partial charge in [-0.05, 0) is 0 Å². The summed E-state index contributed by atoms with van der Waals surface area (Å²) >= 11 is 0. The summed E-state index contributed by atoms with van der Waals surface area (Å²) in [6.07, 6.45) is 1.16. The lowest BCUT2D eigenvalue weighted by Gasteiger charge is -1.94. The Hall–Kier alpha value is -0.295. The predicted molar refractivity (Wildman–Crippen MR) is 52.7 cm³/mol. The maximum absolute atomic E-state index is 10.0. The first-order valence-corrected chi connectivity index (χ1v) is 5.56. The average molecular weight is 205 g/mol. The Kier molecular flexibility index (Phi) is 8.58. The van der Waals surface area contributed by atoms with Crippen molar-refractivity contribution in [1.29, 1.82) is 0 Å². The molecule has 1 N–H and O–H groups in total. The van der Waals surface area contributed by atoms with Crippen LogP contribution in [-0.2, 0) is 9.45 Å². The van der Waals surface area contributed by atoms with Crippen molar-refractivity contribution in [2.24, 2.45) is 4.99 Å². The molecule has 0 saturated carbocycles. The number of rotatable bonds is 7. The largest absolute Gasteiger partial charge is 0.560 e. The molecule has 0 fully saturated rings. The highest BCUT2D eigenvalue weighted by Gasteiger charge is 1.95. The Morgan fingerprint density at radius 2 is 2.42 bits per heavy atom. The predicted octanol–water partition coefficient (Wildman–Crippen LogP) is 0.581. The van der Waals surface area contributed by atoms with Gasteiger partial charge >= 0.3 is 14.0 Å². The maximum Gasteiger partial charge on any atom is 0.375 e. The van der Waals surface area contributed by atoms with Gasteiger partial charge in [0.2, 0.25) is 0 Å². The van der Waals surface area contributed by atoms with Gasteiger partial charge in [0.25, 0.3) is 0 Å². The highest BCUT2D eigenvalue weighted by Crippen LogP contribution is 2.19. The molecule has 7 heteroatoms. The van der Waals surface area contributed by atoms with Crippen molar-refractivity contribution in [3.8, 4) is 0 Å². The zero-order chi connectivity index (χ0) is 9.23. The van der Waals surface area contributed by atoms with E-state index in [0.29, 0.717) is 6.54 Å². The summed E-state index contributed by atoms with van der Waals surface area (Å²) in [5, 5.41) is 8.25. The monoisotopic (exact) mass is 205 g/mol. The third-order valence-corrected chi connectivity index (χ3v) is 2.94. The summed E-state index contributed by atoms with van der Waals surface area (Å²) in [7, 11) is 7.42. The van der Waals surface area contributed by atoms with Crippen LogP contribution in [-0.4, -0.2) is 43.6 Å². The Morgan fingerprint density at radius 3 is 3.00 bits per heavy atom. The number of carboxylic acid groups (broad SMARTS) is 1. The Labute approximate surface area is 80.0 Å². The number of aliphatic carboxylic acids is 1. The molecule has 0 spiro atoms. The third kappa shape index (κ3) is 9.70. The molecule has 0 saturated heterocycles. The SMILES string of the molecule is [B]OC=NCCSSCC(=O)O. The minimum atomic E-state index is -0.804. The van der Waals surface area contributed by atoms with Crippen LogP contribution in [0.1, 0.15) is 0 Å². The second kappa shape index (κ2) is 8.80. The molecule has 0 atom stereocenters. The van der Waals surface area contributed by atoms with Crippen LogP contribution in [0.2, 0.25) is 0 Å². The molecule has 0 aromatic heterocycles. The van der Waals surface area contributed by atoms with Gasteiger partial charge in [0, 0.05) is 5.75 Å². The molecule has 0 amide bonds. The van der Waals surface area contributed by atoms with Crippen molar-refractivity contribution in [2.75, 3.05) is 18.1 Å². The number of carbonyl (C=O) groups is 1. The van der Waals surface area contributed by atoms with Crippen LogP contribution < -0.4 is 0 Å². The van der Waals surface area contributed by atoms with E-state index in [1.165, 1.54) is 21.6 Å². The van der Waals surface area contributed by atoms with E-state index in [1.54, 1.807) is 0 Å². The van der Waals surface area contributed by atoms with Gasteiger partial charge < -0.3 is 9.76 Å². The molecule has 0 aromatic rings. The summed E-state index contributed by atoms with van der Waals surface area (Å²) < 4.78 is 4.08. The summed E-state index contributed by atoms with van der Waals surface area (Å²) in [4.78, 5) is 13.8. The molecule has 0 heterocycles. The van der Waals surface area contributed by atoms with Crippen LogP contribution in [0, 0.1) is 0 Å². The minimum Gasteiger partial charge on any atom is -0.560 e. The fourth-order valence-electron chi connectivity index (χ4n) is 0.337. The second-order valence-corrected chi connectivity index (χ2v) is 4.21. The first-order chi connectivity index (χ1) is 5.77. The molecule has 0 aliphatic rings. The number of carboxylic acids is 1. The lowest BCUT2D eigenvalue weighted by Crippen LogP contribution is -1.96. The van der Waals surface area contributed by atoms with E-state index in [-0.39, 0.29) is 5.75 Å². The topological polar surface area (TPSA) is 58.9 Å². The van der Waals surface area contributed by atoms with Gasteiger partial charge in [-0.3, -0.25) is 9.79 Å². The molecule has 0 bridgehead atoms. The molecule has 2 radical (unpaired) electrons. The smallest absolute Gasteiger partial charge is 0.375 e. The van der Waals surface area contributed by atoms with Crippen molar-refractivity contribution >= 4 is 42.0 Å². The number of hydrogen-bond donors (Lipinski definition) is 1. The summed E-state index contributed by atoms with van der Waals surface area (Å²) in [5.74, 6) is 0.0563. The zero-order valence-corrected chi connectivity index (χ0v) is 7.94. The Bertz CT molecular complexity index is 156. The van der Waals surface area contributed by atoms with Crippen LogP contribution in [0.25, 0.3) is 0 Å². The molecule has 0 unspecified atom stereocenters. The summed E-state index contributed by atoms with van der Waals surface area (Å²) in [6, 6.07) is 0. The highest BCUT2D eigenvalue weighted by molar-refractivity contribution is 8.76. The second-order valence-electron chi connectivity index (χ2n) is 1.63. The molecular weight excluding hydrogens is 197 g/mol. The van der Waals surface area contributed by atoms with Crippen molar-refractivity contribution in [1.82, 2.24) is 0 Å². The first kappa shape index (κ1) is 11.7. The van der Waals surface area contributed by atoms with E-state index in [0.717, 1.165) is 12.2 Å². The van der Waals surface area contributed by atoms with Crippen molar-refractivity contribution < 1.29 is 14.6 Å². The average Bonchev–Trinajstić information content (AvgIpc) is 2.02. The fraction of sp³-hybridized carbons (Fsp3) is 0.600. The number of aliphatic imine (C=N–C) groups is 1. The van der Waals surface area contributed by atoms with Crippen molar-refractivity contribution in [2.45, 2.75) is 0 Å². The van der Waals surface area contributed by atoms with Gasteiger partial charge in [0.05, 0.1) is 6.54 Å². The van der Waals surface area contributed by atoms with Gasteiger partial charge in [-0.2, -0.15) is 0 Å². The van der Waals surface area contributed by atoms with Crippen LogP contribution in [0.3, 0.4) is 0 Å². The van der Waals surface area contributed by atoms with E-state index in [1.807, 2.05) is 0 Å². The van der Waals surface area contributed by atoms with E-state index in [4.69, 9.17) is 5.11 Å². The minimum absolute atomic E-state index is 0.113. The van der Waals surface area contributed by atoms with Gasteiger partial charge in [-0.25, -0.2) is 0 Å². The van der Waals surface area contributed by atoms with Gasteiger partial charge in [0.15, 0.2) is 0 Å². The van der Waals surface area contributed by atoms with E-state index in [9.17, 15) is 4.79 Å². The van der Waals surface area contributed by atoms with Gasteiger partial charge in [-0.1, -0.05) is 21.6 Å². The third-order valence-electron chi connectivity index (χ3n) is 0.705. The van der Waals surface area contributed by atoms with Crippen LogP contribution in [0.15, 0.2) is 4.99 Å². The van der Waals surface area contributed by atoms with Crippen molar-refractivity contribution in [3.63, 3.8) is 0 Å². The van der Waals surface area contributed by atoms with Crippen LogP contribution in [0.5, 0.6) is 0 Å². The maximum atomic E-state index is 10.0. The van der Waals surface area contributed by atoms with Crippen LogP contribution in [0.4, 0.5) is 0 Å². The van der Waals surface area contributed by atoms with E-state index >= 15 is 0 Å². The zero-order valence-electron chi connectivity index (χ0n) is 6.30. The highest BCUT2D eigenvalue weighted by atomic mass is 33.1.